The fourth-order valence-corrected chi connectivity index (χ4v) is 6.62. The number of carboxylic acids is 1. The Morgan fingerprint density at radius 1 is 1.03 bits per heavy atom. The largest absolute Gasteiger partial charge is 0.490 e. The molecule has 4 aliphatic rings. The molecule has 192 valence electrons. The molecule has 0 radical (unpaired) electrons. The number of amides is 2. The van der Waals surface area contributed by atoms with Crippen molar-refractivity contribution >= 4 is 12.0 Å². The summed E-state index contributed by atoms with van der Waals surface area (Å²) in [5, 5.41) is 12.2. The highest BCUT2D eigenvalue weighted by Gasteiger charge is 2.48. The molecule has 2 saturated carbocycles. The second-order valence-corrected chi connectivity index (χ2v) is 10.8. The van der Waals surface area contributed by atoms with Crippen molar-refractivity contribution < 1.29 is 32.6 Å². The van der Waals surface area contributed by atoms with Gasteiger partial charge in [0.1, 0.15) is 11.9 Å². The summed E-state index contributed by atoms with van der Waals surface area (Å²) in [5.41, 5.74) is -0.874. The maximum Gasteiger partial charge on any atom is 0.419 e. The first-order chi connectivity index (χ1) is 16.7. The van der Waals surface area contributed by atoms with Crippen LogP contribution in [-0.2, 0) is 17.4 Å². The smallest absolute Gasteiger partial charge is 0.419 e. The minimum Gasteiger partial charge on any atom is -0.490 e. The van der Waals surface area contributed by atoms with E-state index >= 15 is 0 Å². The van der Waals surface area contributed by atoms with E-state index in [0.717, 1.165) is 31.2 Å². The molecule has 1 aromatic rings. The van der Waals surface area contributed by atoms with Gasteiger partial charge in [-0.15, -0.1) is 0 Å². The van der Waals surface area contributed by atoms with E-state index in [1.165, 1.54) is 44.2 Å². The standard InChI is InChI=1S/C26H33F3N2O4/c27-26(28,29)21-10-15(11-24(32)33)6-9-23(21)35-19-12-17-7-8-18(13-19)31(17)25(34)30-22-14-20(22)16-4-2-1-3-5-16/h6,9-10,16-20,22H,1-5,7-8,11-14H2,(H,30,34)(H,32,33)/t17-,18-,20?,22?/m0/s1. The molecule has 0 spiro atoms. The van der Waals surface area contributed by atoms with Gasteiger partial charge >= 0.3 is 18.2 Å². The molecule has 1 aromatic carbocycles. The van der Waals surface area contributed by atoms with Crippen molar-refractivity contribution in [3.63, 3.8) is 0 Å². The second kappa shape index (κ2) is 9.54. The number of alkyl halides is 3. The minimum atomic E-state index is -4.65. The normalized spacial score (nSPS) is 30.7. The quantitative estimate of drug-likeness (QED) is 0.556. The Hall–Kier alpha value is -2.45. The van der Waals surface area contributed by atoms with E-state index in [1.807, 2.05) is 4.90 Å². The van der Waals surface area contributed by atoms with Crippen LogP contribution in [0.4, 0.5) is 18.0 Å². The zero-order valence-corrected chi connectivity index (χ0v) is 19.7. The number of hydrogen-bond donors (Lipinski definition) is 2. The molecule has 4 atom stereocenters. The van der Waals surface area contributed by atoms with Gasteiger partial charge in [0.25, 0.3) is 0 Å². The third-order valence-electron chi connectivity index (χ3n) is 8.33. The molecule has 2 amide bonds. The van der Waals surface area contributed by atoms with Gasteiger partial charge in [-0.25, -0.2) is 4.79 Å². The number of hydrogen-bond acceptors (Lipinski definition) is 3. The molecular formula is C26H33F3N2O4. The van der Waals surface area contributed by atoms with Crippen LogP contribution in [0.25, 0.3) is 0 Å². The predicted molar refractivity (Wildman–Crippen MR) is 122 cm³/mol. The minimum absolute atomic E-state index is 0.0340. The van der Waals surface area contributed by atoms with Gasteiger partial charge in [0, 0.05) is 31.0 Å². The van der Waals surface area contributed by atoms with E-state index in [9.17, 15) is 22.8 Å². The Kier molecular flexibility index (Phi) is 6.61. The van der Waals surface area contributed by atoms with Crippen LogP contribution < -0.4 is 10.1 Å². The van der Waals surface area contributed by atoms with Gasteiger partial charge in [0.05, 0.1) is 12.0 Å². The van der Waals surface area contributed by atoms with Crippen molar-refractivity contribution in [2.75, 3.05) is 0 Å². The second-order valence-electron chi connectivity index (χ2n) is 10.8. The summed E-state index contributed by atoms with van der Waals surface area (Å²) >= 11 is 0. The highest BCUT2D eigenvalue weighted by atomic mass is 19.4. The van der Waals surface area contributed by atoms with Gasteiger partial charge in [-0.1, -0.05) is 38.2 Å². The molecule has 2 aliphatic heterocycles. The summed E-state index contributed by atoms with van der Waals surface area (Å²) in [7, 11) is 0. The average Bonchev–Trinajstić information content (AvgIpc) is 3.51. The predicted octanol–water partition coefficient (Wildman–Crippen LogP) is 5.39. The van der Waals surface area contributed by atoms with Crippen molar-refractivity contribution in [1.82, 2.24) is 10.2 Å². The SMILES string of the molecule is O=C(O)Cc1ccc(OC2C[C@@H]3CC[C@@H](C2)N3C(=O)NC2CC2C2CCCCC2)c(C(F)(F)F)c1. The zero-order chi connectivity index (χ0) is 24.7. The molecule has 2 N–H and O–H groups in total. The van der Waals surface area contributed by atoms with Crippen molar-refractivity contribution in [3.8, 4) is 5.75 Å². The zero-order valence-electron chi connectivity index (χ0n) is 19.7. The van der Waals surface area contributed by atoms with Gasteiger partial charge in [0.2, 0.25) is 0 Å². The van der Waals surface area contributed by atoms with Gasteiger partial charge < -0.3 is 20.1 Å². The summed E-state index contributed by atoms with van der Waals surface area (Å²) in [6.07, 6.45) is 4.59. The summed E-state index contributed by atoms with van der Waals surface area (Å²) in [6, 6.07) is 3.61. The Morgan fingerprint density at radius 2 is 1.71 bits per heavy atom. The maximum absolute atomic E-state index is 13.7. The lowest BCUT2D eigenvalue weighted by Crippen LogP contribution is -2.53. The van der Waals surface area contributed by atoms with Gasteiger partial charge in [-0.3, -0.25) is 4.79 Å². The molecule has 2 bridgehead atoms. The summed E-state index contributed by atoms with van der Waals surface area (Å²) in [6.45, 7) is 0. The number of halogens is 3. The first-order valence-electron chi connectivity index (χ1n) is 12.9. The highest BCUT2D eigenvalue weighted by Crippen LogP contribution is 2.45. The third kappa shape index (κ3) is 5.38. The molecule has 2 heterocycles. The number of carbonyl (C=O) groups excluding carboxylic acids is 1. The fraction of sp³-hybridized carbons (Fsp3) is 0.692. The van der Waals surface area contributed by atoms with E-state index in [2.05, 4.69) is 5.32 Å². The van der Waals surface area contributed by atoms with E-state index in [-0.39, 0.29) is 35.5 Å². The first-order valence-corrected chi connectivity index (χ1v) is 12.9. The number of benzene rings is 1. The fourth-order valence-electron chi connectivity index (χ4n) is 6.62. The number of fused-ring (bicyclic) bond motifs is 2. The van der Waals surface area contributed by atoms with Crippen LogP contribution in [0, 0.1) is 11.8 Å². The molecule has 5 rings (SSSR count). The molecule has 4 fully saturated rings. The Bertz CT molecular complexity index is 948. The lowest BCUT2D eigenvalue weighted by atomic mass is 9.85. The highest BCUT2D eigenvalue weighted by molar-refractivity contribution is 5.76. The first kappa shape index (κ1) is 24.3. The lowest BCUT2D eigenvalue weighted by Gasteiger charge is -2.39. The number of urea groups is 1. The monoisotopic (exact) mass is 494 g/mol. The summed E-state index contributed by atoms with van der Waals surface area (Å²) in [4.78, 5) is 25.9. The molecular weight excluding hydrogens is 461 g/mol. The topological polar surface area (TPSA) is 78.9 Å². The van der Waals surface area contributed by atoms with Crippen LogP contribution in [0.5, 0.6) is 5.75 Å². The van der Waals surface area contributed by atoms with Gasteiger partial charge in [-0.05, 0) is 48.8 Å². The number of ether oxygens (including phenoxy) is 1. The number of aliphatic carboxylic acids is 1. The van der Waals surface area contributed by atoms with Crippen molar-refractivity contribution in [2.45, 2.75) is 101 Å². The van der Waals surface area contributed by atoms with Crippen molar-refractivity contribution in [1.29, 1.82) is 0 Å². The molecule has 0 aromatic heterocycles. The Balaban J connectivity index is 1.20. The molecule has 2 saturated heterocycles. The molecule has 2 unspecified atom stereocenters. The van der Waals surface area contributed by atoms with Gasteiger partial charge in [0.15, 0.2) is 0 Å². The van der Waals surface area contributed by atoms with Gasteiger partial charge in [-0.2, -0.15) is 13.2 Å². The molecule has 2 aliphatic carbocycles. The number of nitrogens with one attached hydrogen (secondary N) is 1. The van der Waals surface area contributed by atoms with E-state index in [0.29, 0.717) is 18.8 Å². The number of piperidine rings is 1. The van der Waals surface area contributed by atoms with Crippen LogP contribution in [0.3, 0.4) is 0 Å². The van der Waals surface area contributed by atoms with Crippen LogP contribution in [0.15, 0.2) is 18.2 Å². The van der Waals surface area contributed by atoms with E-state index < -0.39 is 30.2 Å². The number of carbonyl (C=O) groups is 2. The number of carboxylic acid groups (broad SMARTS) is 1. The summed E-state index contributed by atoms with van der Waals surface area (Å²) < 4.78 is 46.8. The van der Waals surface area contributed by atoms with E-state index in [4.69, 9.17) is 9.84 Å². The lowest BCUT2D eigenvalue weighted by molar-refractivity contribution is -0.140. The third-order valence-corrected chi connectivity index (χ3v) is 8.33. The molecule has 6 nitrogen and oxygen atoms in total. The van der Waals surface area contributed by atoms with Crippen LogP contribution >= 0.6 is 0 Å². The van der Waals surface area contributed by atoms with Crippen molar-refractivity contribution in [2.24, 2.45) is 11.8 Å². The van der Waals surface area contributed by atoms with Crippen LogP contribution in [0.2, 0.25) is 0 Å². The Morgan fingerprint density at radius 3 is 2.34 bits per heavy atom. The van der Waals surface area contributed by atoms with E-state index in [1.54, 1.807) is 0 Å². The maximum atomic E-state index is 13.7. The molecule has 9 heteroatoms. The summed E-state index contributed by atoms with van der Waals surface area (Å²) in [5.74, 6) is -0.134. The average molecular weight is 495 g/mol. The number of nitrogens with zero attached hydrogens (tertiary/aromatic N) is 1. The molecule has 35 heavy (non-hydrogen) atoms. The number of rotatable bonds is 6. The van der Waals surface area contributed by atoms with Crippen LogP contribution in [0.1, 0.15) is 75.3 Å². The van der Waals surface area contributed by atoms with Crippen molar-refractivity contribution in [3.05, 3.63) is 29.3 Å². The van der Waals surface area contributed by atoms with Crippen LogP contribution in [-0.4, -0.2) is 46.2 Å². The Labute approximate surface area is 203 Å².